The van der Waals surface area contributed by atoms with E-state index in [0.717, 1.165) is 58.3 Å². The predicted molar refractivity (Wildman–Crippen MR) is 337 cm³/mol. The first kappa shape index (κ1) is 83.6. The van der Waals surface area contributed by atoms with Gasteiger partial charge in [0.1, 0.15) is 29.4 Å². The number of halogens is 17. The molecule has 0 aromatic heterocycles. The van der Waals surface area contributed by atoms with E-state index in [9.17, 15) is 99.4 Å². The van der Waals surface area contributed by atoms with Gasteiger partial charge in [-0.25, -0.2) is 90.2 Å². The molecule has 4 fully saturated rings. The molecular formula is C65H63BCl2F15N7O12. The molecule has 102 heavy (non-hydrogen) atoms. The average molecular weight is 1500 g/mol. The van der Waals surface area contributed by atoms with Gasteiger partial charge in [-0.3, -0.25) is 29.0 Å². The summed E-state index contributed by atoms with van der Waals surface area (Å²) in [5.74, 6) is -23.7. The van der Waals surface area contributed by atoms with Crippen molar-refractivity contribution in [2.75, 3.05) is 52.0 Å². The summed E-state index contributed by atoms with van der Waals surface area (Å²) in [6, 6.07) is 8.25. The van der Waals surface area contributed by atoms with E-state index in [1.807, 2.05) is 0 Å². The number of carbonyl (C=O) groups excluding carboxylic acids is 7. The van der Waals surface area contributed by atoms with Crippen LogP contribution in [0.1, 0.15) is 113 Å². The number of aliphatic hydroxyl groups excluding tert-OH is 1. The van der Waals surface area contributed by atoms with E-state index in [2.05, 4.69) is 15.3 Å². The molecule has 6 aliphatic heterocycles. The van der Waals surface area contributed by atoms with Gasteiger partial charge in [0.05, 0.1) is 19.1 Å². The molecule has 0 aliphatic carbocycles. The molecule has 6 aliphatic rings. The molecule has 6 heterocycles. The van der Waals surface area contributed by atoms with Crippen LogP contribution < -0.4 is 10.8 Å². The molecule has 19 nitrogen and oxygen atoms in total. The molecule has 5 aromatic rings. The predicted octanol–water partition coefficient (Wildman–Crippen LogP) is 10.8. The van der Waals surface area contributed by atoms with E-state index in [4.69, 9.17) is 47.8 Å². The first-order valence-electron chi connectivity index (χ1n) is 30.0. The molecule has 11 rings (SSSR count). The molecule has 4 atom stereocenters. The topological polar surface area (TPSA) is 248 Å². The molecule has 0 radical (unpaired) electrons. The Morgan fingerprint density at radius 2 is 0.882 bits per heavy atom. The third kappa shape index (κ3) is 24.0. The number of benzene rings is 5. The van der Waals surface area contributed by atoms with Crippen LogP contribution in [0.5, 0.6) is 0 Å². The quantitative estimate of drug-likeness (QED) is 0.0391. The zero-order chi connectivity index (χ0) is 76.6. The number of imide groups is 2. The second kappa shape index (κ2) is 36.7. The number of hydrogen-bond acceptors (Lipinski definition) is 14. The van der Waals surface area contributed by atoms with Gasteiger partial charge in [-0.15, -0.1) is 11.6 Å². The van der Waals surface area contributed by atoms with E-state index in [1.165, 1.54) is 22.2 Å². The minimum absolute atomic E-state index is 0.0431. The van der Waals surface area contributed by atoms with E-state index < -0.39 is 148 Å². The highest BCUT2D eigenvalue weighted by atomic mass is 35.5. The molecule has 0 spiro atoms. The summed E-state index contributed by atoms with van der Waals surface area (Å²) in [7, 11) is -2.00. The lowest BCUT2D eigenvalue weighted by molar-refractivity contribution is -0.131. The van der Waals surface area contributed by atoms with Crippen molar-refractivity contribution in [3.05, 3.63) is 182 Å². The van der Waals surface area contributed by atoms with Crippen molar-refractivity contribution < 1.29 is 124 Å². The number of amides is 7. The summed E-state index contributed by atoms with van der Waals surface area (Å²) < 4.78 is 203. The first-order valence-corrected chi connectivity index (χ1v) is 31.0. The van der Waals surface area contributed by atoms with Gasteiger partial charge in [0.2, 0.25) is 23.6 Å². The van der Waals surface area contributed by atoms with Crippen molar-refractivity contribution >= 4 is 89.0 Å². The maximum Gasteiger partial charge on any atom is 0.488 e. The molecule has 0 saturated carbocycles. The lowest BCUT2D eigenvalue weighted by Crippen LogP contribution is -2.37. The van der Waals surface area contributed by atoms with Crippen molar-refractivity contribution in [3.63, 3.8) is 0 Å². The van der Waals surface area contributed by atoms with Crippen LogP contribution in [0.3, 0.4) is 0 Å². The fourth-order valence-corrected chi connectivity index (χ4v) is 10.0. The highest BCUT2D eigenvalue weighted by molar-refractivity contribution is 6.67. The number of nitrogens with one attached hydrogen (secondary N) is 1. The molecule has 5 aromatic carbocycles. The number of rotatable bonds is 7. The summed E-state index contributed by atoms with van der Waals surface area (Å²) in [6.45, 7) is 11.5. The molecular weight excluding hydrogens is 1440 g/mol. The zero-order valence-electron chi connectivity index (χ0n) is 54.5. The molecule has 552 valence electrons. The minimum Gasteiger partial charge on any atom is -0.443 e. The number of aliphatic imine (C=N–C) groups is 2. The number of ether oxygens (including phenoxy) is 2. The van der Waals surface area contributed by atoms with E-state index in [1.54, 1.807) is 47.6 Å². The SMILES string of the molecule is CC(C)(C)OC(=O)N1CC(c2cc(F)c(F)c(F)c2)CC1=O.CC(C)(C)OC(=O)N1CC=CC1=O.ClC1=NC=NC1.O=C1C[C@H](c2cc(F)c(F)c(F)c2)CN1.O=C1C[C@H](c2cc(F)c(F)c(F)c2)CN1CCl.O=C1C[C@H](c2cc(F)c(F)c(F)c2)CN1CO.OB(O)c1cc(F)c(F)c(F)c1. The van der Waals surface area contributed by atoms with E-state index in [0.29, 0.717) is 49.0 Å². The lowest BCUT2D eigenvalue weighted by atomic mass is 9.80. The molecule has 4 saturated heterocycles. The number of aliphatic hydroxyl groups is 1. The van der Waals surface area contributed by atoms with Crippen LogP contribution in [0.4, 0.5) is 75.4 Å². The lowest BCUT2D eigenvalue weighted by Gasteiger charge is -2.23. The van der Waals surface area contributed by atoms with E-state index in [-0.39, 0.29) is 96.9 Å². The summed E-state index contributed by atoms with van der Waals surface area (Å²) in [6.07, 6.45) is 3.36. The van der Waals surface area contributed by atoms with Crippen molar-refractivity contribution in [1.29, 1.82) is 0 Å². The third-order valence-corrected chi connectivity index (χ3v) is 15.1. The second-order valence-corrected chi connectivity index (χ2v) is 25.2. The van der Waals surface area contributed by atoms with Gasteiger partial charge in [0.25, 0.3) is 5.91 Å². The number of nitrogens with zero attached hydrogens (tertiary/aromatic N) is 6. The molecule has 7 amide bonds. The van der Waals surface area contributed by atoms with Crippen LogP contribution in [0.2, 0.25) is 0 Å². The summed E-state index contributed by atoms with van der Waals surface area (Å²) >= 11 is 10.9. The van der Waals surface area contributed by atoms with Crippen LogP contribution in [0, 0.1) is 87.3 Å². The third-order valence-electron chi connectivity index (χ3n) is 14.6. The monoisotopic (exact) mass is 1500 g/mol. The van der Waals surface area contributed by atoms with Crippen LogP contribution in [0.15, 0.2) is 82.8 Å². The highest BCUT2D eigenvalue weighted by Crippen LogP contribution is 2.34. The number of hydrogen-bond donors (Lipinski definition) is 4. The standard InChI is InChI=1S/C15H16F3NO3.C11H9ClF3NO.C11H10F3NO2.C10H8F3NO.C9H13NO3.C6H4BF3O2.C3H3ClN2/c1-15(2,3)22-14(21)19-7-9(6-12(19)20)8-4-10(16)13(18)11(17)5-8;12-5-16-4-7(3-10(16)17)6-1-8(13)11(15)9(14)2-6;12-8-1-6(2-9(13)11(8)14)7-3-10(17)15(4-7)5-16;11-7-1-5(2-8(12)10(7)13)6-3-9(15)14-4-6;1-9(2,3)13-8(12)10-6-4-5-7(10)11;8-4-1-3(7(11)12)2-5(9)6(4)10;4-3-1-5-2-6-3/h4-5,9H,6-7H2,1-3H3;1-2,7H,3-5H2;1-2,7,16H,3-5H2;1-2,6H,3-4H2,(H,14,15);4-5H,6H2,1-3H3;1-2,11-12H;2H,1H2/t;2*7-;6-;;;/m.000.../s1. The van der Waals surface area contributed by atoms with Gasteiger partial charge in [0, 0.05) is 81.6 Å². The summed E-state index contributed by atoms with van der Waals surface area (Å²) in [5, 5.41) is 28.9. The van der Waals surface area contributed by atoms with Gasteiger partial charge < -0.3 is 39.7 Å². The van der Waals surface area contributed by atoms with E-state index >= 15 is 0 Å². The van der Waals surface area contributed by atoms with Crippen molar-refractivity contribution in [2.45, 2.75) is 102 Å². The fourth-order valence-electron chi connectivity index (χ4n) is 9.66. The normalized spacial score (nSPS) is 18.1. The largest absolute Gasteiger partial charge is 0.488 e. The Labute approximate surface area is 582 Å². The maximum atomic E-state index is 13.3. The van der Waals surface area contributed by atoms with Gasteiger partial charge in [-0.2, -0.15) is 0 Å². The summed E-state index contributed by atoms with van der Waals surface area (Å²) in [5.41, 5.74) is -0.788. The number of likely N-dealkylation sites (tertiary alicyclic amines) is 3. The molecule has 0 bridgehead atoms. The summed E-state index contributed by atoms with van der Waals surface area (Å²) in [4.78, 5) is 91.6. The first-order chi connectivity index (χ1) is 47.5. The maximum absolute atomic E-state index is 13.3. The zero-order valence-corrected chi connectivity index (χ0v) is 56.0. The van der Waals surface area contributed by atoms with Crippen LogP contribution in [-0.2, 0) is 33.4 Å². The molecule has 4 N–H and O–H groups in total. The highest BCUT2D eigenvalue weighted by Gasteiger charge is 2.39. The Kier molecular flexibility index (Phi) is 30.1. The van der Waals surface area contributed by atoms with Crippen LogP contribution in [0.25, 0.3) is 0 Å². The van der Waals surface area contributed by atoms with Crippen molar-refractivity contribution in [3.8, 4) is 0 Å². The molecule has 37 heteroatoms. The van der Waals surface area contributed by atoms with Crippen LogP contribution in [-0.4, -0.2) is 158 Å². The van der Waals surface area contributed by atoms with Gasteiger partial charge in [-0.05, 0) is 130 Å². The smallest absolute Gasteiger partial charge is 0.443 e. The average Bonchev–Trinajstić information content (AvgIpc) is 1.63. The fraction of sp³-hybridized carbons (Fsp3) is 0.369. The van der Waals surface area contributed by atoms with Crippen molar-refractivity contribution in [2.24, 2.45) is 9.98 Å². The van der Waals surface area contributed by atoms with Crippen molar-refractivity contribution in [1.82, 2.24) is 24.9 Å². The number of alkyl halides is 1. The molecule has 1 unspecified atom stereocenters. The van der Waals surface area contributed by atoms with Crippen LogP contribution >= 0.6 is 23.2 Å². The minimum atomic E-state index is -2.00. The Hall–Kier alpha value is -9.06. The Bertz CT molecular complexity index is 3840. The van der Waals surface area contributed by atoms with Gasteiger partial charge >= 0.3 is 19.3 Å². The second-order valence-electron chi connectivity index (χ2n) is 24.5. The Morgan fingerprint density at radius 1 is 0.529 bits per heavy atom. The number of carbonyl (C=O) groups is 7. The Morgan fingerprint density at radius 3 is 1.17 bits per heavy atom. The van der Waals surface area contributed by atoms with Gasteiger partial charge in [-0.1, -0.05) is 17.7 Å². The Balaban J connectivity index is 0.000000219. The van der Waals surface area contributed by atoms with Gasteiger partial charge in [0.15, 0.2) is 87.3 Å².